The number of pyridine rings is 1. The molecule has 0 amide bonds. The van der Waals surface area contributed by atoms with Crippen LogP contribution in [0.3, 0.4) is 0 Å². The average molecular weight is 288 g/mol. The van der Waals surface area contributed by atoms with E-state index in [1.165, 1.54) is 11.1 Å². The first-order valence-corrected chi connectivity index (χ1v) is 7.32. The Kier molecular flexibility index (Phi) is 3.84. The number of benzene rings is 2. The van der Waals surface area contributed by atoms with Crippen molar-refractivity contribution < 1.29 is 9.36 Å². The van der Waals surface area contributed by atoms with Crippen molar-refractivity contribution in [3.05, 3.63) is 89.6 Å². The Morgan fingerprint density at radius 3 is 2.18 bits per heavy atom. The molecule has 0 unspecified atom stereocenters. The van der Waals surface area contributed by atoms with Crippen molar-refractivity contribution in [1.29, 1.82) is 0 Å². The lowest BCUT2D eigenvalue weighted by molar-refractivity contribution is -0.660. The van der Waals surface area contributed by atoms with Crippen molar-refractivity contribution in [1.82, 2.24) is 0 Å². The fraction of sp³-hybridized carbons (Fsp3) is 0.100. The van der Waals surface area contributed by atoms with Gasteiger partial charge in [0.25, 0.3) is 0 Å². The summed E-state index contributed by atoms with van der Waals surface area (Å²) in [5.74, 6) is 0.0486. The van der Waals surface area contributed by atoms with Gasteiger partial charge >= 0.3 is 0 Å². The summed E-state index contributed by atoms with van der Waals surface area (Å²) in [6, 6.07) is 21.5. The lowest BCUT2D eigenvalue weighted by Gasteiger charge is -2.05. The zero-order valence-corrected chi connectivity index (χ0v) is 12.8. The number of carbonyl (C=O) groups is 1. The van der Waals surface area contributed by atoms with Crippen LogP contribution in [0.25, 0.3) is 11.3 Å². The lowest BCUT2D eigenvalue weighted by atomic mass is 10.0. The van der Waals surface area contributed by atoms with Gasteiger partial charge in [-0.1, -0.05) is 48.5 Å². The molecule has 1 heterocycles. The summed E-state index contributed by atoms with van der Waals surface area (Å²) < 4.78 is 2.01. The van der Waals surface area contributed by atoms with Crippen LogP contribution in [0.4, 0.5) is 0 Å². The van der Waals surface area contributed by atoms with Gasteiger partial charge in [-0.15, -0.1) is 0 Å². The van der Waals surface area contributed by atoms with E-state index < -0.39 is 0 Å². The number of carbonyl (C=O) groups excluding carboxylic acids is 1. The van der Waals surface area contributed by atoms with Crippen LogP contribution in [0.15, 0.2) is 72.9 Å². The van der Waals surface area contributed by atoms with E-state index in [0.717, 1.165) is 5.69 Å². The standard InChI is InChI=1S/C20H18NO/c1-15-8-6-7-11-18(15)19-13-12-17(14-21(19)2)20(22)16-9-4-3-5-10-16/h3-14H,1-2H3/q+1. The second kappa shape index (κ2) is 5.94. The van der Waals surface area contributed by atoms with E-state index in [9.17, 15) is 4.79 Å². The molecule has 0 aliphatic heterocycles. The zero-order chi connectivity index (χ0) is 15.5. The molecule has 0 spiro atoms. The van der Waals surface area contributed by atoms with Crippen LogP contribution >= 0.6 is 0 Å². The average Bonchev–Trinajstić information content (AvgIpc) is 2.56. The van der Waals surface area contributed by atoms with E-state index in [2.05, 4.69) is 19.1 Å². The van der Waals surface area contributed by atoms with Crippen molar-refractivity contribution in [3.8, 4) is 11.3 Å². The van der Waals surface area contributed by atoms with Crippen LogP contribution in [-0.4, -0.2) is 5.78 Å². The number of hydrogen-bond acceptors (Lipinski definition) is 1. The minimum atomic E-state index is 0.0486. The highest BCUT2D eigenvalue weighted by Crippen LogP contribution is 2.20. The van der Waals surface area contributed by atoms with Gasteiger partial charge in [-0.2, -0.15) is 0 Å². The zero-order valence-electron chi connectivity index (χ0n) is 12.8. The largest absolute Gasteiger partial charge is 0.288 e. The molecular weight excluding hydrogens is 270 g/mol. The van der Waals surface area contributed by atoms with Crippen LogP contribution in [0, 0.1) is 6.92 Å². The van der Waals surface area contributed by atoms with Crippen LogP contribution in [0.1, 0.15) is 21.5 Å². The Morgan fingerprint density at radius 2 is 1.50 bits per heavy atom. The van der Waals surface area contributed by atoms with Crippen molar-refractivity contribution in [3.63, 3.8) is 0 Å². The summed E-state index contributed by atoms with van der Waals surface area (Å²) in [4.78, 5) is 12.5. The SMILES string of the molecule is Cc1ccccc1-c1ccc(C(=O)c2ccccc2)c[n+]1C. The Balaban J connectivity index is 2.00. The van der Waals surface area contributed by atoms with E-state index in [-0.39, 0.29) is 5.78 Å². The molecule has 22 heavy (non-hydrogen) atoms. The molecule has 0 N–H and O–H groups in total. The first-order chi connectivity index (χ1) is 10.7. The van der Waals surface area contributed by atoms with E-state index in [0.29, 0.717) is 11.1 Å². The molecule has 0 fully saturated rings. The fourth-order valence-corrected chi connectivity index (χ4v) is 2.64. The normalized spacial score (nSPS) is 10.5. The summed E-state index contributed by atoms with van der Waals surface area (Å²) in [6.45, 7) is 2.10. The quantitative estimate of drug-likeness (QED) is 0.531. The van der Waals surface area contributed by atoms with Gasteiger partial charge in [-0.3, -0.25) is 4.79 Å². The number of hydrogen-bond donors (Lipinski definition) is 0. The van der Waals surface area contributed by atoms with Crippen LogP contribution in [-0.2, 0) is 7.05 Å². The van der Waals surface area contributed by atoms with Crippen molar-refractivity contribution in [2.45, 2.75) is 6.92 Å². The second-order valence-electron chi connectivity index (χ2n) is 5.42. The van der Waals surface area contributed by atoms with Gasteiger partial charge in [0.05, 0.1) is 5.56 Å². The van der Waals surface area contributed by atoms with Gasteiger partial charge in [0.15, 0.2) is 12.0 Å². The van der Waals surface area contributed by atoms with Crippen LogP contribution in [0.5, 0.6) is 0 Å². The Labute approximate surface area is 130 Å². The summed E-state index contributed by atoms with van der Waals surface area (Å²) in [7, 11) is 1.98. The third-order valence-electron chi connectivity index (χ3n) is 3.85. The maximum Gasteiger partial charge on any atom is 0.212 e. The van der Waals surface area contributed by atoms with Crippen LogP contribution < -0.4 is 4.57 Å². The van der Waals surface area contributed by atoms with Crippen molar-refractivity contribution in [2.75, 3.05) is 0 Å². The summed E-state index contributed by atoms with van der Waals surface area (Å²) in [6.07, 6.45) is 1.90. The molecule has 0 bridgehead atoms. The topological polar surface area (TPSA) is 20.9 Å². The predicted octanol–water partition coefficient (Wildman–Crippen LogP) is 3.72. The maximum absolute atomic E-state index is 12.5. The van der Waals surface area contributed by atoms with Crippen molar-refractivity contribution in [2.24, 2.45) is 7.05 Å². The predicted molar refractivity (Wildman–Crippen MR) is 87.7 cm³/mol. The van der Waals surface area contributed by atoms with Crippen molar-refractivity contribution >= 4 is 5.78 Å². The molecule has 2 aromatic carbocycles. The molecule has 0 aliphatic rings. The first kappa shape index (κ1) is 14.2. The number of rotatable bonds is 3. The molecule has 3 rings (SSSR count). The van der Waals surface area contributed by atoms with E-state index >= 15 is 0 Å². The molecule has 2 nitrogen and oxygen atoms in total. The second-order valence-corrected chi connectivity index (χ2v) is 5.42. The molecule has 2 heteroatoms. The summed E-state index contributed by atoms with van der Waals surface area (Å²) in [5, 5.41) is 0. The highest BCUT2D eigenvalue weighted by Gasteiger charge is 2.16. The van der Waals surface area contributed by atoms with E-state index in [4.69, 9.17) is 0 Å². The van der Waals surface area contributed by atoms with Gasteiger partial charge in [0, 0.05) is 17.2 Å². The Morgan fingerprint density at radius 1 is 0.818 bits per heavy atom. The third kappa shape index (κ3) is 2.68. The molecule has 0 aliphatic carbocycles. The number of aromatic nitrogens is 1. The molecule has 108 valence electrons. The molecular formula is C20H18NO+. The van der Waals surface area contributed by atoms with Gasteiger partial charge in [0.2, 0.25) is 5.69 Å². The minimum absolute atomic E-state index is 0.0486. The smallest absolute Gasteiger partial charge is 0.212 e. The fourth-order valence-electron chi connectivity index (χ4n) is 2.64. The highest BCUT2D eigenvalue weighted by molar-refractivity contribution is 6.08. The molecule has 0 atom stereocenters. The summed E-state index contributed by atoms with van der Waals surface area (Å²) >= 11 is 0. The third-order valence-corrected chi connectivity index (χ3v) is 3.85. The molecule has 3 aromatic rings. The van der Waals surface area contributed by atoms with Crippen LogP contribution in [0.2, 0.25) is 0 Å². The molecule has 1 aromatic heterocycles. The Bertz CT molecular complexity index is 822. The molecule has 0 saturated carbocycles. The maximum atomic E-state index is 12.5. The lowest BCUT2D eigenvalue weighted by Crippen LogP contribution is -2.32. The monoisotopic (exact) mass is 288 g/mol. The van der Waals surface area contributed by atoms with Gasteiger partial charge in [0.1, 0.15) is 7.05 Å². The number of nitrogens with zero attached hydrogens (tertiary/aromatic N) is 1. The molecule has 0 radical (unpaired) electrons. The minimum Gasteiger partial charge on any atom is -0.288 e. The number of aryl methyl sites for hydroxylation is 2. The van der Waals surface area contributed by atoms with Gasteiger partial charge < -0.3 is 0 Å². The van der Waals surface area contributed by atoms with Gasteiger partial charge in [-0.25, -0.2) is 4.57 Å². The highest BCUT2D eigenvalue weighted by atomic mass is 16.1. The first-order valence-electron chi connectivity index (χ1n) is 7.32. The van der Waals surface area contributed by atoms with Gasteiger partial charge in [-0.05, 0) is 24.6 Å². The van der Waals surface area contributed by atoms with E-state index in [1.54, 1.807) is 0 Å². The summed E-state index contributed by atoms with van der Waals surface area (Å²) in [5.41, 5.74) is 4.92. The number of ketones is 1. The Hall–Kier alpha value is -2.74. The van der Waals surface area contributed by atoms with E-state index in [1.807, 2.05) is 72.4 Å². The molecule has 0 saturated heterocycles.